The summed E-state index contributed by atoms with van der Waals surface area (Å²) in [5.74, 6) is 0.241. The number of primary amides is 1. The summed E-state index contributed by atoms with van der Waals surface area (Å²) in [5.41, 5.74) is 11.8. The molecule has 106 valence electrons. The van der Waals surface area contributed by atoms with Gasteiger partial charge in [-0.3, -0.25) is 9.59 Å². The maximum Gasteiger partial charge on any atom is 0.252 e. The number of carbonyl (C=O) groups excluding carboxylic acids is 2. The van der Waals surface area contributed by atoms with Gasteiger partial charge in [0.1, 0.15) is 5.82 Å². The maximum absolute atomic E-state index is 11.7. The Morgan fingerprint density at radius 3 is 2.95 bits per heavy atom. The van der Waals surface area contributed by atoms with Crippen molar-refractivity contribution in [1.82, 2.24) is 9.88 Å². The van der Waals surface area contributed by atoms with Crippen molar-refractivity contribution in [3.05, 3.63) is 17.8 Å². The Morgan fingerprint density at radius 2 is 2.20 bits per heavy atom. The molecule has 2 fully saturated rings. The second-order valence-electron chi connectivity index (χ2n) is 5.23. The van der Waals surface area contributed by atoms with Crippen LogP contribution in [0.2, 0.25) is 0 Å². The highest BCUT2D eigenvalue weighted by Gasteiger charge is 2.36. The third-order valence-electron chi connectivity index (χ3n) is 3.95. The molecule has 1 aromatic heterocycles. The molecule has 7 nitrogen and oxygen atoms in total. The number of nitrogens with zero attached hydrogens (tertiary/aromatic N) is 3. The predicted octanol–water partition coefficient (Wildman–Crippen LogP) is -0.426. The lowest BCUT2D eigenvalue weighted by Gasteiger charge is -2.38. The van der Waals surface area contributed by atoms with Crippen LogP contribution in [0.4, 0.5) is 11.5 Å². The molecule has 0 aromatic carbocycles. The molecule has 2 saturated heterocycles. The molecular weight excluding hydrogens is 258 g/mol. The van der Waals surface area contributed by atoms with Gasteiger partial charge in [0.25, 0.3) is 5.91 Å². The van der Waals surface area contributed by atoms with Gasteiger partial charge in [-0.05, 0) is 12.5 Å². The highest BCUT2D eigenvalue weighted by molar-refractivity contribution is 5.98. The van der Waals surface area contributed by atoms with Crippen LogP contribution < -0.4 is 16.4 Å². The molecule has 2 amide bonds. The lowest BCUT2D eigenvalue weighted by Crippen LogP contribution is -2.52. The molecule has 7 heteroatoms. The summed E-state index contributed by atoms with van der Waals surface area (Å²) in [4.78, 5) is 31.4. The van der Waals surface area contributed by atoms with Crippen LogP contribution in [0.1, 0.15) is 23.2 Å². The van der Waals surface area contributed by atoms with Gasteiger partial charge < -0.3 is 21.3 Å². The number of carbonyl (C=O) groups is 2. The number of pyridine rings is 1. The number of aromatic nitrogens is 1. The van der Waals surface area contributed by atoms with E-state index in [0.717, 1.165) is 6.42 Å². The number of piperazine rings is 1. The first-order valence-electron chi connectivity index (χ1n) is 6.66. The molecular formula is C13H17N5O2. The Bertz CT molecular complexity index is 574. The third-order valence-corrected chi connectivity index (χ3v) is 3.95. The molecule has 4 N–H and O–H groups in total. The van der Waals surface area contributed by atoms with Crippen LogP contribution in [0.3, 0.4) is 0 Å². The van der Waals surface area contributed by atoms with Gasteiger partial charge in [-0.1, -0.05) is 0 Å². The van der Waals surface area contributed by atoms with E-state index < -0.39 is 5.91 Å². The molecule has 3 heterocycles. The number of nitrogens with two attached hydrogens (primary N) is 2. The lowest BCUT2D eigenvalue weighted by atomic mass is 10.1. The van der Waals surface area contributed by atoms with Crippen molar-refractivity contribution in [2.75, 3.05) is 30.3 Å². The fraction of sp³-hybridized carbons (Fsp3) is 0.462. The Balaban J connectivity index is 1.87. The summed E-state index contributed by atoms with van der Waals surface area (Å²) in [5, 5.41) is 0. The van der Waals surface area contributed by atoms with E-state index in [1.54, 1.807) is 6.07 Å². The van der Waals surface area contributed by atoms with E-state index in [-0.39, 0.29) is 11.9 Å². The monoisotopic (exact) mass is 275 g/mol. The fourth-order valence-corrected chi connectivity index (χ4v) is 2.96. The van der Waals surface area contributed by atoms with Crippen LogP contribution in [0, 0.1) is 0 Å². The lowest BCUT2D eigenvalue weighted by molar-refractivity contribution is -0.129. The van der Waals surface area contributed by atoms with Crippen molar-refractivity contribution in [3.8, 4) is 0 Å². The summed E-state index contributed by atoms with van der Waals surface area (Å²) in [6.45, 7) is 2.00. The van der Waals surface area contributed by atoms with Crippen molar-refractivity contribution >= 4 is 23.3 Å². The van der Waals surface area contributed by atoms with Crippen LogP contribution in [0.15, 0.2) is 12.3 Å². The van der Waals surface area contributed by atoms with E-state index in [2.05, 4.69) is 4.98 Å². The van der Waals surface area contributed by atoms with Crippen molar-refractivity contribution in [1.29, 1.82) is 0 Å². The van der Waals surface area contributed by atoms with Crippen LogP contribution in [0.25, 0.3) is 0 Å². The molecule has 1 aromatic rings. The standard InChI is InChI=1S/C13H17N5O2/c14-8-5-10(12(15)20)13(16-6-8)17-3-4-18-9(7-17)1-2-11(18)19/h5-6,9H,1-4,7,14H2,(H2,15,20). The summed E-state index contributed by atoms with van der Waals surface area (Å²) in [6.07, 6.45) is 2.99. The van der Waals surface area contributed by atoms with Crippen LogP contribution in [0.5, 0.6) is 0 Å². The van der Waals surface area contributed by atoms with Crippen LogP contribution >= 0.6 is 0 Å². The van der Waals surface area contributed by atoms with Crippen molar-refractivity contribution < 1.29 is 9.59 Å². The molecule has 0 spiro atoms. The minimum Gasteiger partial charge on any atom is -0.397 e. The molecule has 2 aliphatic heterocycles. The Hall–Kier alpha value is -2.31. The minimum atomic E-state index is -0.537. The molecule has 0 radical (unpaired) electrons. The van der Waals surface area contributed by atoms with E-state index in [9.17, 15) is 9.59 Å². The predicted molar refractivity (Wildman–Crippen MR) is 74.1 cm³/mol. The van der Waals surface area contributed by atoms with E-state index in [1.165, 1.54) is 6.20 Å². The van der Waals surface area contributed by atoms with Crippen LogP contribution in [-0.4, -0.2) is 47.4 Å². The van der Waals surface area contributed by atoms with Gasteiger partial charge in [-0.2, -0.15) is 0 Å². The zero-order valence-corrected chi connectivity index (χ0v) is 11.1. The largest absolute Gasteiger partial charge is 0.397 e. The maximum atomic E-state index is 11.7. The first-order chi connectivity index (χ1) is 9.56. The normalized spacial score (nSPS) is 22.0. The molecule has 0 aliphatic carbocycles. The van der Waals surface area contributed by atoms with E-state index in [4.69, 9.17) is 11.5 Å². The van der Waals surface area contributed by atoms with Gasteiger partial charge >= 0.3 is 0 Å². The fourth-order valence-electron chi connectivity index (χ4n) is 2.96. The van der Waals surface area contributed by atoms with E-state index >= 15 is 0 Å². The Labute approximate surface area is 116 Å². The zero-order chi connectivity index (χ0) is 14.3. The number of hydrogen-bond donors (Lipinski definition) is 2. The molecule has 1 unspecified atom stereocenters. The van der Waals surface area contributed by atoms with E-state index in [0.29, 0.717) is 43.1 Å². The van der Waals surface area contributed by atoms with Crippen LogP contribution in [-0.2, 0) is 4.79 Å². The molecule has 0 bridgehead atoms. The second-order valence-corrected chi connectivity index (χ2v) is 5.23. The molecule has 20 heavy (non-hydrogen) atoms. The summed E-state index contributed by atoms with van der Waals surface area (Å²) < 4.78 is 0. The number of fused-ring (bicyclic) bond motifs is 1. The average molecular weight is 275 g/mol. The number of rotatable bonds is 2. The molecule has 1 atom stereocenters. The van der Waals surface area contributed by atoms with Gasteiger partial charge in [-0.25, -0.2) is 4.98 Å². The van der Waals surface area contributed by atoms with Gasteiger partial charge in [0.15, 0.2) is 0 Å². The average Bonchev–Trinajstić information content (AvgIpc) is 2.80. The third kappa shape index (κ3) is 2.04. The summed E-state index contributed by atoms with van der Waals surface area (Å²) in [6, 6.07) is 1.76. The first kappa shape index (κ1) is 12.7. The number of nitrogen functional groups attached to an aromatic ring is 1. The Morgan fingerprint density at radius 1 is 1.40 bits per heavy atom. The highest BCUT2D eigenvalue weighted by atomic mass is 16.2. The number of anilines is 2. The Kier molecular flexibility index (Phi) is 2.96. The van der Waals surface area contributed by atoms with Gasteiger partial charge in [-0.15, -0.1) is 0 Å². The molecule has 2 aliphatic rings. The molecule has 0 saturated carbocycles. The highest BCUT2D eigenvalue weighted by Crippen LogP contribution is 2.27. The van der Waals surface area contributed by atoms with Gasteiger partial charge in [0, 0.05) is 32.1 Å². The van der Waals surface area contributed by atoms with Gasteiger partial charge in [0.05, 0.1) is 17.4 Å². The number of hydrogen-bond acceptors (Lipinski definition) is 5. The van der Waals surface area contributed by atoms with E-state index in [1.807, 2.05) is 9.80 Å². The number of amides is 2. The molecule has 3 rings (SSSR count). The quantitative estimate of drug-likeness (QED) is 0.762. The summed E-state index contributed by atoms with van der Waals surface area (Å²) >= 11 is 0. The topological polar surface area (TPSA) is 106 Å². The first-order valence-corrected chi connectivity index (χ1v) is 6.66. The van der Waals surface area contributed by atoms with Crippen molar-refractivity contribution in [2.24, 2.45) is 5.73 Å². The SMILES string of the molecule is NC(=O)c1cc(N)cnc1N1CCN2C(=O)CCC2C1. The summed E-state index contributed by atoms with van der Waals surface area (Å²) in [7, 11) is 0. The zero-order valence-electron chi connectivity index (χ0n) is 11.1. The second kappa shape index (κ2) is 4.66. The van der Waals surface area contributed by atoms with Crippen molar-refractivity contribution in [3.63, 3.8) is 0 Å². The van der Waals surface area contributed by atoms with Gasteiger partial charge in [0.2, 0.25) is 5.91 Å². The minimum absolute atomic E-state index is 0.205. The smallest absolute Gasteiger partial charge is 0.252 e. The van der Waals surface area contributed by atoms with Crippen molar-refractivity contribution in [2.45, 2.75) is 18.9 Å².